The summed E-state index contributed by atoms with van der Waals surface area (Å²) in [4.78, 5) is 22.6. The molecule has 4 nitrogen and oxygen atoms in total. The number of hydrogen-bond acceptors (Lipinski definition) is 4. The molecule has 0 saturated heterocycles. The highest BCUT2D eigenvalue weighted by Crippen LogP contribution is 2.16. The highest BCUT2D eigenvalue weighted by Gasteiger charge is 2.26. The Morgan fingerprint density at radius 1 is 0.800 bits per heavy atom. The predicted molar refractivity (Wildman–Crippen MR) is 58.2 cm³/mol. The minimum Gasteiger partial charge on any atom is -0.501 e. The van der Waals surface area contributed by atoms with Gasteiger partial charge in [-0.2, -0.15) is 0 Å². The average molecular weight is 214 g/mol. The van der Waals surface area contributed by atoms with E-state index in [0.29, 0.717) is 0 Å². The normalized spacial score (nSPS) is 11.9. The van der Waals surface area contributed by atoms with Crippen molar-refractivity contribution in [3.63, 3.8) is 0 Å². The molecule has 0 aromatic rings. The zero-order valence-corrected chi connectivity index (χ0v) is 10.3. The van der Waals surface area contributed by atoms with Crippen molar-refractivity contribution in [2.75, 3.05) is 0 Å². The molecule has 0 aromatic heterocycles. The number of carbonyl (C=O) groups excluding carboxylic acids is 2. The fraction of sp³-hybridized carbons (Fsp3) is 0.800. The predicted octanol–water partition coefficient (Wildman–Crippen LogP) is 1.43. The number of carbonyl (C=O) groups is 2. The molecule has 0 heterocycles. The molecule has 0 amide bonds. The van der Waals surface area contributed by atoms with Crippen LogP contribution in [0.1, 0.15) is 41.5 Å². The molecule has 0 bridgehead atoms. The van der Waals surface area contributed by atoms with Crippen molar-refractivity contribution in [3.8, 4) is 0 Å². The number of hydrogen-bond donors (Lipinski definition) is 0. The lowest BCUT2D eigenvalue weighted by molar-refractivity contribution is -0.148. The molecule has 5 heteroatoms. The average Bonchev–Trinajstić information content (AvgIpc) is 2.00. The molecule has 86 valence electrons. The first kappa shape index (κ1) is 14.0. The number of rotatable bonds is 2. The van der Waals surface area contributed by atoms with Gasteiger partial charge in [0, 0.05) is 0 Å². The lowest BCUT2D eigenvalue weighted by Gasteiger charge is -2.19. The van der Waals surface area contributed by atoms with Crippen molar-refractivity contribution in [2.45, 2.75) is 41.5 Å². The monoisotopic (exact) mass is 214 g/mol. The Bertz CT molecular complexity index is 221. The molecule has 0 rings (SSSR count). The first-order valence-corrected chi connectivity index (χ1v) is 4.89. The minimum absolute atomic E-state index is 0.313. The first-order valence-electron chi connectivity index (χ1n) is 4.89. The van der Waals surface area contributed by atoms with E-state index in [1.54, 1.807) is 41.5 Å². The third kappa shape index (κ3) is 5.45. The van der Waals surface area contributed by atoms with Gasteiger partial charge in [-0.15, -0.1) is 0 Å². The third-order valence-electron chi connectivity index (χ3n) is 1.60. The lowest BCUT2D eigenvalue weighted by Crippen LogP contribution is -2.29. The zero-order valence-electron chi connectivity index (χ0n) is 10.3. The van der Waals surface area contributed by atoms with E-state index in [4.69, 9.17) is 9.31 Å². The molecule has 0 saturated carbocycles. The van der Waals surface area contributed by atoms with Gasteiger partial charge in [0.2, 0.25) is 0 Å². The first-order chi connectivity index (χ1) is 6.55. The Hall–Kier alpha value is -0.995. The summed E-state index contributed by atoms with van der Waals surface area (Å²) < 4.78 is 9.58. The van der Waals surface area contributed by atoms with E-state index >= 15 is 0 Å². The summed E-state index contributed by atoms with van der Waals surface area (Å²) in [7, 11) is -0.313. The van der Waals surface area contributed by atoms with Crippen molar-refractivity contribution >= 4 is 19.6 Å². The third-order valence-corrected chi connectivity index (χ3v) is 1.60. The van der Waals surface area contributed by atoms with Crippen LogP contribution in [0.25, 0.3) is 0 Å². The van der Waals surface area contributed by atoms with Crippen LogP contribution in [0.3, 0.4) is 0 Å². The van der Waals surface area contributed by atoms with Gasteiger partial charge in [0.15, 0.2) is 0 Å². The highest BCUT2D eigenvalue weighted by atomic mass is 16.6. The van der Waals surface area contributed by atoms with Crippen LogP contribution in [0.15, 0.2) is 0 Å². The smallest absolute Gasteiger partial charge is 0.501 e. The van der Waals surface area contributed by atoms with Crippen LogP contribution in [0, 0.1) is 10.8 Å². The Morgan fingerprint density at radius 2 is 1.07 bits per heavy atom. The summed E-state index contributed by atoms with van der Waals surface area (Å²) in [6.07, 6.45) is 0. The van der Waals surface area contributed by atoms with Gasteiger partial charge in [-0.05, 0) is 41.5 Å². The van der Waals surface area contributed by atoms with Crippen molar-refractivity contribution < 1.29 is 18.9 Å². The highest BCUT2D eigenvalue weighted by molar-refractivity contribution is 6.26. The molecule has 0 radical (unpaired) electrons. The maximum absolute atomic E-state index is 11.3. The lowest BCUT2D eigenvalue weighted by atomic mass is 9.96. The molecule has 15 heavy (non-hydrogen) atoms. The summed E-state index contributed by atoms with van der Waals surface area (Å²) in [6.45, 7) is 10.4. The molecule has 0 aliphatic heterocycles. The van der Waals surface area contributed by atoms with Crippen molar-refractivity contribution in [3.05, 3.63) is 0 Å². The van der Waals surface area contributed by atoms with Crippen LogP contribution in [0.4, 0.5) is 0 Å². The van der Waals surface area contributed by atoms with Crippen LogP contribution in [-0.2, 0) is 18.9 Å². The minimum atomic E-state index is -0.575. The van der Waals surface area contributed by atoms with E-state index in [1.807, 2.05) is 0 Å². The van der Waals surface area contributed by atoms with E-state index in [2.05, 4.69) is 0 Å². The molecule has 0 spiro atoms. The molecular weight excluding hydrogens is 195 g/mol. The van der Waals surface area contributed by atoms with Crippen LogP contribution >= 0.6 is 0 Å². The van der Waals surface area contributed by atoms with Crippen molar-refractivity contribution in [1.82, 2.24) is 0 Å². The van der Waals surface area contributed by atoms with Gasteiger partial charge < -0.3 is 9.31 Å². The van der Waals surface area contributed by atoms with Crippen LogP contribution in [-0.4, -0.2) is 19.6 Å². The second-order valence-corrected chi connectivity index (χ2v) is 5.48. The maximum atomic E-state index is 11.3. The van der Waals surface area contributed by atoms with E-state index < -0.39 is 10.8 Å². The summed E-state index contributed by atoms with van der Waals surface area (Å²) in [5, 5.41) is 0. The summed E-state index contributed by atoms with van der Waals surface area (Å²) >= 11 is 0. The van der Waals surface area contributed by atoms with E-state index in [9.17, 15) is 9.59 Å². The molecule has 0 aromatic carbocycles. The quantitative estimate of drug-likeness (QED) is 0.652. The zero-order chi connectivity index (χ0) is 12.3. The van der Waals surface area contributed by atoms with Crippen molar-refractivity contribution in [2.24, 2.45) is 10.8 Å². The van der Waals surface area contributed by atoms with Gasteiger partial charge in [-0.1, -0.05) is 0 Å². The van der Waals surface area contributed by atoms with Crippen LogP contribution in [0.5, 0.6) is 0 Å². The molecular formula is C10H19BO4. The maximum Gasteiger partial charge on any atom is 0.580 e. The molecule has 0 atom stereocenters. The molecule has 0 N–H and O–H groups in total. The fourth-order valence-electron chi connectivity index (χ4n) is 0.570. The molecule has 0 fully saturated rings. The van der Waals surface area contributed by atoms with Gasteiger partial charge in [0.1, 0.15) is 0 Å². The van der Waals surface area contributed by atoms with E-state index in [1.165, 1.54) is 0 Å². The van der Waals surface area contributed by atoms with E-state index in [-0.39, 0.29) is 19.6 Å². The summed E-state index contributed by atoms with van der Waals surface area (Å²) in [5.41, 5.74) is -1.15. The Morgan fingerprint density at radius 3 is 1.27 bits per heavy atom. The van der Waals surface area contributed by atoms with Gasteiger partial charge >= 0.3 is 7.69 Å². The molecule has 0 aliphatic rings. The second-order valence-electron chi connectivity index (χ2n) is 5.48. The van der Waals surface area contributed by atoms with E-state index in [0.717, 1.165) is 0 Å². The molecule has 0 unspecified atom stereocenters. The standard InChI is InChI=1S/C10H19BO4/c1-9(2,3)7(12)14-11-15-8(13)10(4,5)6/h11H,1-6H3. The Balaban J connectivity index is 3.92. The van der Waals surface area contributed by atoms with Crippen LogP contribution in [0.2, 0.25) is 0 Å². The largest absolute Gasteiger partial charge is 0.580 e. The Labute approximate surface area is 91.6 Å². The topological polar surface area (TPSA) is 52.6 Å². The van der Waals surface area contributed by atoms with Crippen molar-refractivity contribution in [1.29, 1.82) is 0 Å². The van der Waals surface area contributed by atoms with Gasteiger partial charge in [0.25, 0.3) is 11.9 Å². The fourth-order valence-corrected chi connectivity index (χ4v) is 0.570. The SMILES string of the molecule is CC(C)(C)C(=O)OBOC(=O)C(C)(C)C. The molecule has 0 aliphatic carbocycles. The van der Waals surface area contributed by atoms with Gasteiger partial charge in [-0.3, -0.25) is 9.59 Å². The van der Waals surface area contributed by atoms with Gasteiger partial charge in [0.05, 0.1) is 10.8 Å². The van der Waals surface area contributed by atoms with Crippen LogP contribution < -0.4 is 0 Å². The second kappa shape index (κ2) is 4.68. The summed E-state index contributed by atoms with van der Waals surface area (Å²) in [5.74, 6) is -0.770. The van der Waals surface area contributed by atoms with Gasteiger partial charge in [-0.25, -0.2) is 0 Å². The Kier molecular flexibility index (Phi) is 4.37. The summed E-state index contributed by atoms with van der Waals surface area (Å²) in [6, 6.07) is 0.